The molecule has 0 rings (SSSR count). The molecule has 0 radical (unpaired) electrons. The van der Waals surface area contributed by atoms with E-state index in [1.54, 1.807) is 6.08 Å². The van der Waals surface area contributed by atoms with E-state index >= 15 is 0 Å². The number of hydrogen-bond acceptors (Lipinski definition) is 6. The summed E-state index contributed by atoms with van der Waals surface area (Å²) in [6.45, 7) is 6.25. The van der Waals surface area contributed by atoms with Gasteiger partial charge in [-0.05, 0) is 96.3 Å². The third-order valence-corrected chi connectivity index (χ3v) is 11.4. The van der Waals surface area contributed by atoms with Crippen molar-refractivity contribution in [3.05, 3.63) is 134 Å². The standard InChI is InChI=1S/C64H102O6/c1-4-7-10-13-16-18-20-22-24-25-26-27-28-29-30-31-32-33-34-35-36-37-38-39-41-42-44-46-48-51-54-57-63(66)69-60-61(59-68-62(65)56-53-50-15-12-9-6-3)70-64(67)58-55-52-49-47-45-43-40-23-21-19-17-14-11-8-5-2/h7-8,10-11,16-19,22-24,26-27,29-30,32-33,40,45,47,52,55,61H,4-6,9,12-15,20-21,25,28,31,34-39,41-44,46,48-51,53-54,56-60H2,1-3H3/b10-7-,11-8-,18-16-,19-17-,24-22-,27-26-,30-29-,33-32-,40-23-,47-45-,55-52-. The largest absolute Gasteiger partial charge is 0.462 e. The maximum atomic E-state index is 12.7. The van der Waals surface area contributed by atoms with Crippen molar-refractivity contribution in [2.75, 3.05) is 13.2 Å². The third kappa shape index (κ3) is 54.5. The highest BCUT2D eigenvalue weighted by Crippen LogP contribution is 2.14. The molecule has 70 heavy (non-hydrogen) atoms. The summed E-state index contributed by atoms with van der Waals surface area (Å²) in [4.78, 5) is 37.7. The molecule has 0 aromatic heterocycles. The maximum absolute atomic E-state index is 12.7. The minimum absolute atomic E-state index is 0.0932. The molecule has 1 atom stereocenters. The van der Waals surface area contributed by atoms with Gasteiger partial charge >= 0.3 is 17.9 Å². The van der Waals surface area contributed by atoms with Crippen LogP contribution in [0.2, 0.25) is 0 Å². The van der Waals surface area contributed by atoms with Gasteiger partial charge in [-0.15, -0.1) is 0 Å². The Hall–Kier alpha value is -4.45. The zero-order valence-corrected chi connectivity index (χ0v) is 45.0. The maximum Gasteiger partial charge on any atom is 0.310 e. The number of allylic oxidation sites excluding steroid dienone is 21. The Morgan fingerprint density at radius 2 is 0.600 bits per heavy atom. The molecule has 0 fully saturated rings. The fourth-order valence-electron chi connectivity index (χ4n) is 7.29. The van der Waals surface area contributed by atoms with E-state index in [2.05, 4.69) is 142 Å². The lowest BCUT2D eigenvalue weighted by molar-refractivity contribution is -0.166. The van der Waals surface area contributed by atoms with Crippen LogP contribution in [0.5, 0.6) is 0 Å². The number of esters is 3. The average Bonchev–Trinajstić information content (AvgIpc) is 3.36. The van der Waals surface area contributed by atoms with Gasteiger partial charge in [0, 0.05) is 12.8 Å². The summed E-state index contributed by atoms with van der Waals surface area (Å²) in [5, 5.41) is 0. The van der Waals surface area contributed by atoms with E-state index < -0.39 is 12.1 Å². The van der Waals surface area contributed by atoms with Crippen molar-refractivity contribution in [2.24, 2.45) is 0 Å². The second-order valence-corrected chi connectivity index (χ2v) is 18.1. The van der Waals surface area contributed by atoms with Crippen LogP contribution in [0.25, 0.3) is 0 Å². The van der Waals surface area contributed by atoms with Crippen molar-refractivity contribution in [2.45, 2.75) is 239 Å². The molecule has 6 heteroatoms. The molecule has 0 aliphatic rings. The lowest BCUT2D eigenvalue weighted by Gasteiger charge is -2.18. The van der Waals surface area contributed by atoms with Crippen LogP contribution in [0, 0.1) is 0 Å². The number of rotatable bonds is 49. The quantitative estimate of drug-likeness (QED) is 0.0262. The monoisotopic (exact) mass is 967 g/mol. The predicted molar refractivity (Wildman–Crippen MR) is 302 cm³/mol. The molecular weight excluding hydrogens is 865 g/mol. The first-order chi connectivity index (χ1) is 34.5. The number of carbonyl (C=O) groups excluding carboxylic acids is 3. The first-order valence-electron chi connectivity index (χ1n) is 28.2. The van der Waals surface area contributed by atoms with E-state index in [0.29, 0.717) is 12.8 Å². The Labute approximate surface area is 430 Å². The highest BCUT2D eigenvalue weighted by atomic mass is 16.6. The lowest BCUT2D eigenvalue weighted by atomic mass is 10.0. The van der Waals surface area contributed by atoms with E-state index in [1.807, 2.05) is 6.08 Å². The van der Waals surface area contributed by atoms with Gasteiger partial charge in [-0.1, -0.05) is 251 Å². The smallest absolute Gasteiger partial charge is 0.310 e. The number of unbranched alkanes of at least 4 members (excludes halogenated alkanes) is 17. The highest BCUT2D eigenvalue weighted by molar-refractivity contribution is 5.72. The Morgan fingerprint density at radius 3 is 0.943 bits per heavy atom. The predicted octanol–water partition coefficient (Wildman–Crippen LogP) is 19.0. The van der Waals surface area contributed by atoms with Gasteiger partial charge in [0.2, 0.25) is 0 Å². The van der Waals surface area contributed by atoms with Crippen LogP contribution in [0.3, 0.4) is 0 Å². The van der Waals surface area contributed by atoms with Crippen LogP contribution in [0.1, 0.15) is 233 Å². The Kier molecular flexibility index (Phi) is 53.5. The van der Waals surface area contributed by atoms with Crippen molar-refractivity contribution < 1.29 is 28.6 Å². The van der Waals surface area contributed by atoms with Gasteiger partial charge in [-0.2, -0.15) is 0 Å². The van der Waals surface area contributed by atoms with Crippen molar-refractivity contribution in [1.29, 1.82) is 0 Å². The van der Waals surface area contributed by atoms with Crippen LogP contribution < -0.4 is 0 Å². The minimum Gasteiger partial charge on any atom is -0.462 e. The second kappa shape index (κ2) is 57.1. The molecule has 0 saturated carbocycles. The zero-order chi connectivity index (χ0) is 50.7. The summed E-state index contributed by atoms with van der Waals surface area (Å²) in [7, 11) is 0. The summed E-state index contributed by atoms with van der Waals surface area (Å²) >= 11 is 0. The Morgan fingerprint density at radius 1 is 0.314 bits per heavy atom. The van der Waals surface area contributed by atoms with Crippen LogP contribution in [0.15, 0.2) is 134 Å². The molecule has 0 aromatic carbocycles. The number of ether oxygens (including phenoxy) is 3. The molecule has 0 N–H and O–H groups in total. The first kappa shape index (κ1) is 65.5. The van der Waals surface area contributed by atoms with E-state index in [4.69, 9.17) is 14.2 Å². The molecule has 1 unspecified atom stereocenters. The summed E-state index contributed by atoms with van der Waals surface area (Å²) in [5.74, 6) is -1.07. The normalized spacial score (nSPS) is 13.1. The van der Waals surface area contributed by atoms with Crippen molar-refractivity contribution in [1.82, 2.24) is 0 Å². The van der Waals surface area contributed by atoms with Gasteiger partial charge in [-0.3, -0.25) is 14.4 Å². The van der Waals surface area contributed by atoms with Gasteiger partial charge in [0.15, 0.2) is 6.10 Å². The fraction of sp³-hybridized carbons (Fsp3) is 0.609. The summed E-state index contributed by atoms with van der Waals surface area (Å²) in [5.41, 5.74) is 0. The molecule has 0 aliphatic heterocycles. The minimum atomic E-state index is -0.832. The molecule has 0 spiro atoms. The molecule has 394 valence electrons. The van der Waals surface area contributed by atoms with Gasteiger partial charge in [0.25, 0.3) is 0 Å². The van der Waals surface area contributed by atoms with E-state index in [-0.39, 0.29) is 31.6 Å². The van der Waals surface area contributed by atoms with Crippen molar-refractivity contribution in [3.8, 4) is 0 Å². The van der Waals surface area contributed by atoms with Crippen LogP contribution in [0.4, 0.5) is 0 Å². The summed E-state index contributed by atoms with van der Waals surface area (Å²) < 4.78 is 16.6. The molecule has 0 aromatic rings. The van der Waals surface area contributed by atoms with E-state index in [1.165, 1.54) is 83.5 Å². The van der Waals surface area contributed by atoms with Gasteiger partial charge in [0.05, 0.1) is 6.42 Å². The van der Waals surface area contributed by atoms with Crippen LogP contribution in [-0.2, 0) is 28.6 Å². The summed E-state index contributed by atoms with van der Waals surface area (Å²) in [6, 6.07) is 0. The average molecular weight is 968 g/mol. The number of carbonyl (C=O) groups is 3. The molecule has 0 saturated heterocycles. The Bertz CT molecular complexity index is 1530. The lowest BCUT2D eigenvalue weighted by Crippen LogP contribution is -2.30. The first-order valence-corrected chi connectivity index (χ1v) is 28.2. The topological polar surface area (TPSA) is 78.9 Å². The second-order valence-electron chi connectivity index (χ2n) is 18.1. The molecule has 6 nitrogen and oxygen atoms in total. The molecule has 0 bridgehead atoms. The molecule has 0 aliphatic carbocycles. The Balaban J connectivity index is 4.15. The van der Waals surface area contributed by atoms with Gasteiger partial charge in [-0.25, -0.2) is 0 Å². The molecule has 0 heterocycles. The van der Waals surface area contributed by atoms with Gasteiger partial charge in [0.1, 0.15) is 13.2 Å². The zero-order valence-electron chi connectivity index (χ0n) is 45.0. The SMILES string of the molecule is CC/C=C\C/C=C\C/C=C\C/C=C\C/C=C\C/C=C\CCCCCCCCCCCCCCC(=O)OCC(COC(=O)CCCCCCCC)OC(=O)C/C=C\C/C=C\C/C=C\C/C=C\C/C=C\CC. The fourth-order valence-corrected chi connectivity index (χ4v) is 7.29. The third-order valence-electron chi connectivity index (χ3n) is 11.4. The summed E-state index contributed by atoms with van der Waals surface area (Å²) in [6.07, 6.45) is 80.8. The van der Waals surface area contributed by atoms with E-state index in [0.717, 1.165) is 109 Å². The van der Waals surface area contributed by atoms with E-state index in [9.17, 15) is 14.4 Å². The van der Waals surface area contributed by atoms with Crippen LogP contribution in [-0.4, -0.2) is 37.2 Å². The molecule has 0 amide bonds. The highest BCUT2D eigenvalue weighted by Gasteiger charge is 2.19. The molecular formula is C64H102O6. The van der Waals surface area contributed by atoms with Crippen molar-refractivity contribution >= 4 is 17.9 Å². The van der Waals surface area contributed by atoms with Crippen LogP contribution >= 0.6 is 0 Å². The number of hydrogen-bond donors (Lipinski definition) is 0. The van der Waals surface area contributed by atoms with Gasteiger partial charge < -0.3 is 14.2 Å². The van der Waals surface area contributed by atoms with Crippen molar-refractivity contribution in [3.63, 3.8) is 0 Å².